The van der Waals surface area contributed by atoms with Crippen molar-refractivity contribution in [2.45, 2.75) is 44.6 Å². The van der Waals surface area contributed by atoms with Gasteiger partial charge in [0.2, 0.25) is 0 Å². The number of rotatable bonds is 3. The second-order valence-electron chi connectivity index (χ2n) is 7.45. The molecule has 106 valence electrons. The lowest BCUT2D eigenvalue weighted by Crippen LogP contribution is -2.56. The van der Waals surface area contributed by atoms with E-state index in [0.717, 1.165) is 30.1 Å². The Bertz CT molecular complexity index is 522. The number of aldehydes is 1. The highest BCUT2D eigenvalue weighted by Crippen LogP contribution is 2.61. The molecule has 0 saturated heterocycles. The molecule has 2 heteroatoms. The molecule has 0 amide bonds. The Labute approximate surface area is 120 Å². The Morgan fingerprint density at radius 1 is 1.20 bits per heavy atom. The number of aliphatic hydroxyl groups is 1. The van der Waals surface area contributed by atoms with Crippen LogP contribution in [0.25, 0.3) is 0 Å². The zero-order valence-corrected chi connectivity index (χ0v) is 11.8. The summed E-state index contributed by atoms with van der Waals surface area (Å²) in [6.45, 7) is 0. The monoisotopic (exact) mass is 270 g/mol. The Kier molecular flexibility index (Phi) is 2.78. The summed E-state index contributed by atoms with van der Waals surface area (Å²) in [5.74, 6) is 2.21. The molecule has 3 unspecified atom stereocenters. The molecule has 20 heavy (non-hydrogen) atoms. The van der Waals surface area contributed by atoms with Crippen molar-refractivity contribution in [3.05, 3.63) is 35.4 Å². The van der Waals surface area contributed by atoms with Gasteiger partial charge < -0.3 is 5.11 Å². The van der Waals surface area contributed by atoms with E-state index < -0.39 is 0 Å². The van der Waals surface area contributed by atoms with Gasteiger partial charge in [0.25, 0.3) is 0 Å². The third kappa shape index (κ3) is 1.85. The Morgan fingerprint density at radius 3 is 2.65 bits per heavy atom. The van der Waals surface area contributed by atoms with E-state index in [2.05, 4.69) is 6.07 Å². The van der Waals surface area contributed by atoms with Crippen LogP contribution in [-0.2, 0) is 6.42 Å². The molecule has 1 aromatic rings. The van der Waals surface area contributed by atoms with E-state index in [1.807, 2.05) is 18.2 Å². The van der Waals surface area contributed by atoms with Gasteiger partial charge in [0.15, 0.2) is 0 Å². The van der Waals surface area contributed by atoms with E-state index >= 15 is 0 Å². The normalized spacial score (nSPS) is 41.9. The first-order valence-corrected chi connectivity index (χ1v) is 7.91. The van der Waals surface area contributed by atoms with E-state index in [-0.39, 0.29) is 11.5 Å². The highest BCUT2D eigenvalue weighted by molar-refractivity contribution is 5.74. The molecule has 2 nitrogen and oxygen atoms in total. The molecule has 4 aliphatic carbocycles. The molecule has 0 aromatic heterocycles. The van der Waals surface area contributed by atoms with Gasteiger partial charge in [-0.15, -0.1) is 0 Å². The summed E-state index contributed by atoms with van der Waals surface area (Å²) in [5.41, 5.74) is 2.06. The Morgan fingerprint density at radius 2 is 1.95 bits per heavy atom. The van der Waals surface area contributed by atoms with Gasteiger partial charge in [0.1, 0.15) is 6.29 Å². The predicted octanol–water partition coefficient (Wildman–Crippen LogP) is 3.23. The van der Waals surface area contributed by atoms with Crippen molar-refractivity contribution in [2.75, 3.05) is 0 Å². The van der Waals surface area contributed by atoms with Gasteiger partial charge in [0.05, 0.1) is 6.10 Å². The summed E-state index contributed by atoms with van der Waals surface area (Å²) < 4.78 is 0. The van der Waals surface area contributed by atoms with Gasteiger partial charge in [-0.3, -0.25) is 4.79 Å². The van der Waals surface area contributed by atoms with Gasteiger partial charge in [-0.2, -0.15) is 0 Å². The first-order chi connectivity index (χ1) is 9.68. The molecule has 4 aliphatic rings. The second-order valence-corrected chi connectivity index (χ2v) is 7.45. The smallest absolute Gasteiger partial charge is 0.150 e. The van der Waals surface area contributed by atoms with Crippen molar-refractivity contribution < 1.29 is 9.90 Å². The first kappa shape index (κ1) is 12.6. The molecule has 0 heterocycles. The van der Waals surface area contributed by atoms with Crippen LogP contribution >= 0.6 is 0 Å². The summed E-state index contributed by atoms with van der Waals surface area (Å²) in [6.07, 6.45) is 7.98. The molecule has 0 radical (unpaired) electrons. The maximum Gasteiger partial charge on any atom is 0.150 e. The van der Waals surface area contributed by atoms with Crippen LogP contribution < -0.4 is 0 Å². The van der Waals surface area contributed by atoms with Crippen LogP contribution in [-0.4, -0.2) is 17.5 Å². The number of carbonyl (C=O) groups excluding carboxylic acids is 1. The first-order valence-electron chi connectivity index (χ1n) is 7.91. The fourth-order valence-corrected chi connectivity index (χ4v) is 5.61. The van der Waals surface area contributed by atoms with E-state index in [9.17, 15) is 9.90 Å². The zero-order valence-electron chi connectivity index (χ0n) is 11.8. The van der Waals surface area contributed by atoms with Crippen LogP contribution in [0.15, 0.2) is 24.3 Å². The summed E-state index contributed by atoms with van der Waals surface area (Å²) >= 11 is 0. The van der Waals surface area contributed by atoms with Crippen molar-refractivity contribution in [1.29, 1.82) is 0 Å². The summed E-state index contributed by atoms with van der Waals surface area (Å²) in [6, 6.07) is 7.93. The summed E-state index contributed by atoms with van der Waals surface area (Å²) in [5, 5.41) is 10.8. The molecule has 1 N–H and O–H groups in total. The van der Waals surface area contributed by atoms with Crippen molar-refractivity contribution in [3.63, 3.8) is 0 Å². The van der Waals surface area contributed by atoms with Gasteiger partial charge >= 0.3 is 0 Å². The highest BCUT2D eigenvalue weighted by atomic mass is 16.3. The van der Waals surface area contributed by atoms with Crippen LogP contribution in [0.5, 0.6) is 0 Å². The summed E-state index contributed by atoms with van der Waals surface area (Å²) in [7, 11) is 0. The minimum Gasteiger partial charge on any atom is -0.392 e. The van der Waals surface area contributed by atoms with Crippen LogP contribution in [0.4, 0.5) is 0 Å². The average Bonchev–Trinajstić information content (AvgIpc) is 2.44. The number of carbonyl (C=O) groups is 1. The molecule has 4 fully saturated rings. The third-order valence-corrected chi connectivity index (χ3v) is 6.05. The predicted molar refractivity (Wildman–Crippen MR) is 77.5 cm³/mol. The largest absolute Gasteiger partial charge is 0.392 e. The average molecular weight is 270 g/mol. The molecular formula is C18H22O2. The number of aliphatic hydroxyl groups excluding tert-OH is 1. The molecule has 5 rings (SSSR count). The van der Waals surface area contributed by atoms with E-state index in [0.29, 0.717) is 5.92 Å². The zero-order chi connectivity index (χ0) is 13.7. The standard InChI is InChI=1S/C18H22O2/c19-11-13-3-1-2-12(4-13)8-18-9-14-5-15(10-18)7-16(6-14)17(18)20/h1-4,11,14-17,20H,5-10H2. The Balaban J connectivity index is 1.64. The maximum atomic E-state index is 10.9. The fraction of sp³-hybridized carbons (Fsp3) is 0.611. The van der Waals surface area contributed by atoms with E-state index in [4.69, 9.17) is 0 Å². The minimum absolute atomic E-state index is 0.0935. The molecule has 1 aromatic carbocycles. The molecule has 0 aliphatic heterocycles. The second kappa shape index (κ2) is 4.42. The maximum absolute atomic E-state index is 10.9. The van der Waals surface area contributed by atoms with Gasteiger partial charge in [-0.1, -0.05) is 18.2 Å². The van der Waals surface area contributed by atoms with E-state index in [1.54, 1.807) is 0 Å². The fourth-order valence-electron chi connectivity index (χ4n) is 5.61. The molecule has 3 atom stereocenters. The lowest BCUT2D eigenvalue weighted by Gasteiger charge is -2.59. The van der Waals surface area contributed by atoms with Gasteiger partial charge in [0, 0.05) is 11.0 Å². The summed E-state index contributed by atoms with van der Waals surface area (Å²) in [4.78, 5) is 10.9. The highest BCUT2D eigenvalue weighted by Gasteiger charge is 2.56. The van der Waals surface area contributed by atoms with Gasteiger partial charge in [-0.05, 0) is 67.9 Å². The van der Waals surface area contributed by atoms with Crippen molar-refractivity contribution >= 4 is 6.29 Å². The van der Waals surface area contributed by atoms with Gasteiger partial charge in [-0.25, -0.2) is 0 Å². The van der Waals surface area contributed by atoms with Crippen LogP contribution in [0.3, 0.4) is 0 Å². The number of benzene rings is 1. The lowest BCUT2D eigenvalue weighted by atomic mass is 9.47. The number of hydrogen-bond acceptors (Lipinski definition) is 2. The third-order valence-electron chi connectivity index (χ3n) is 6.05. The quantitative estimate of drug-likeness (QED) is 0.856. The lowest BCUT2D eigenvalue weighted by molar-refractivity contribution is -0.154. The van der Waals surface area contributed by atoms with Crippen LogP contribution in [0.2, 0.25) is 0 Å². The van der Waals surface area contributed by atoms with Crippen molar-refractivity contribution in [1.82, 2.24) is 0 Å². The van der Waals surface area contributed by atoms with Crippen LogP contribution in [0, 0.1) is 23.2 Å². The minimum atomic E-state index is -0.129. The topological polar surface area (TPSA) is 37.3 Å². The van der Waals surface area contributed by atoms with Crippen LogP contribution in [0.1, 0.15) is 48.0 Å². The van der Waals surface area contributed by atoms with E-state index in [1.165, 1.54) is 37.7 Å². The molecule has 4 bridgehead atoms. The molecular weight excluding hydrogens is 248 g/mol. The van der Waals surface area contributed by atoms with Crippen molar-refractivity contribution in [3.8, 4) is 0 Å². The number of hydrogen-bond donors (Lipinski definition) is 1. The van der Waals surface area contributed by atoms with Crippen molar-refractivity contribution in [2.24, 2.45) is 23.2 Å². The molecule has 0 spiro atoms. The Hall–Kier alpha value is -1.15. The molecule has 4 saturated carbocycles. The SMILES string of the molecule is O=Cc1cccc(CC23CC4CC(CC(C4)C2O)C3)c1.